The number of rotatable bonds is 4. The van der Waals surface area contributed by atoms with E-state index in [1.54, 1.807) is 6.20 Å². The number of nitrogens with one attached hydrogen (secondary N) is 3. The lowest BCUT2D eigenvalue weighted by molar-refractivity contribution is -0.111. The van der Waals surface area contributed by atoms with Gasteiger partial charge in [0.1, 0.15) is 11.6 Å². The highest BCUT2D eigenvalue weighted by Crippen LogP contribution is 2.23. The number of halogens is 1. The van der Waals surface area contributed by atoms with Gasteiger partial charge in [-0.1, -0.05) is 6.58 Å². The van der Waals surface area contributed by atoms with Gasteiger partial charge >= 0.3 is 0 Å². The van der Waals surface area contributed by atoms with Crippen LogP contribution in [0.2, 0.25) is 0 Å². The number of benzene rings is 1. The minimum Gasteiger partial charge on any atom is -0.507 e. The Morgan fingerprint density at radius 2 is 2.14 bits per heavy atom. The quantitative estimate of drug-likeness (QED) is 0.360. The monoisotopic (exact) mass is 398 g/mol. The fourth-order valence-corrected chi connectivity index (χ4v) is 1.92. The van der Waals surface area contributed by atoms with Crippen LogP contribution >= 0.6 is 22.6 Å². The average molecular weight is 398 g/mol. The van der Waals surface area contributed by atoms with E-state index in [-0.39, 0.29) is 11.3 Å². The Morgan fingerprint density at radius 3 is 2.76 bits per heavy atom. The van der Waals surface area contributed by atoms with Crippen molar-refractivity contribution in [3.05, 3.63) is 46.2 Å². The first-order valence-electron chi connectivity index (χ1n) is 5.78. The van der Waals surface area contributed by atoms with Crippen LogP contribution in [-0.4, -0.2) is 27.1 Å². The van der Waals surface area contributed by atoms with E-state index in [0.29, 0.717) is 11.5 Å². The lowest BCUT2D eigenvalue weighted by Crippen LogP contribution is -2.14. The molecule has 2 aromatic rings. The van der Waals surface area contributed by atoms with E-state index in [1.165, 1.54) is 18.2 Å². The molecule has 108 valence electrons. The SMILES string of the molecule is C=CC(=O)Nc1ccc(O)c(C(=O)Nc2[nH]ncc2I)c1. The van der Waals surface area contributed by atoms with Gasteiger partial charge in [0.25, 0.3) is 5.91 Å². The summed E-state index contributed by atoms with van der Waals surface area (Å²) in [6.45, 7) is 3.34. The molecule has 1 aromatic heterocycles. The zero-order valence-electron chi connectivity index (χ0n) is 10.7. The molecule has 0 fully saturated rings. The van der Waals surface area contributed by atoms with Gasteiger partial charge in [-0.25, -0.2) is 0 Å². The van der Waals surface area contributed by atoms with Gasteiger partial charge in [0.15, 0.2) is 0 Å². The van der Waals surface area contributed by atoms with Gasteiger partial charge in [0.05, 0.1) is 15.3 Å². The van der Waals surface area contributed by atoms with Crippen molar-refractivity contribution >= 4 is 45.9 Å². The predicted molar refractivity (Wildman–Crippen MR) is 86.2 cm³/mol. The standard InChI is InChI=1S/C13H11IN4O3/c1-2-11(20)16-7-3-4-10(19)8(5-7)13(21)17-12-9(14)6-15-18-12/h2-6,19H,1H2,(H,16,20)(H2,15,17,18,21). The van der Waals surface area contributed by atoms with Gasteiger partial charge in [0, 0.05) is 5.69 Å². The molecular weight excluding hydrogens is 387 g/mol. The molecule has 0 radical (unpaired) electrons. The Hall–Kier alpha value is -2.36. The second-order valence-electron chi connectivity index (χ2n) is 3.97. The van der Waals surface area contributed by atoms with Crippen molar-refractivity contribution in [3.63, 3.8) is 0 Å². The number of amides is 2. The third-order valence-corrected chi connectivity index (χ3v) is 3.34. The topological polar surface area (TPSA) is 107 Å². The summed E-state index contributed by atoms with van der Waals surface area (Å²) >= 11 is 2.01. The highest BCUT2D eigenvalue weighted by atomic mass is 127. The number of phenols is 1. The van der Waals surface area contributed by atoms with Gasteiger partial charge in [0.2, 0.25) is 5.91 Å². The molecule has 0 saturated carbocycles. The number of nitrogens with zero attached hydrogens (tertiary/aromatic N) is 1. The molecule has 21 heavy (non-hydrogen) atoms. The maximum absolute atomic E-state index is 12.1. The second-order valence-corrected chi connectivity index (χ2v) is 5.13. The molecule has 1 aromatic carbocycles. The molecule has 0 aliphatic carbocycles. The van der Waals surface area contributed by atoms with Gasteiger partial charge in [-0.2, -0.15) is 5.10 Å². The van der Waals surface area contributed by atoms with E-state index in [1.807, 2.05) is 22.6 Å². The number of carbonyl (C=O) groups is 2. The highest BCUT2D eigenvalue weighted by molar-refractivity contribution is 14.1. The fourth-order valence-electron chi connectivity index (χ4n) is 1.53. The van der Waals surface area contributed by atoms with Crippen molar-refractivity contribution < 1.29 is 14.7 Å². The summed E-state index contributed by atoms with van der Waals surface area (Å²) in [5.74, 6) is -0.696. The number of hydrogen-bond acceptors (Lipinski definition) is 4. The van der Waals surface area contributed by atoms with Crippen molar-refractivity contribution in [3.8, 4) is 5.75 Å². The molecule has 7 nitrogen and oxygen atoms in total. The van der Waals surface area contributed by atoms with Crippen molar-refractivity contribution in [1.82, 2.24) is 10.2 Å². The predicted octanol–water partition coefficient (Wildman–Crippen LogP) is 2.10. The second kappa shape index (κ2) is 6.39. The summed E-state index contributed by atoms with van der Waals surface area (Å²) in [5.41, 5.74) is 0.407. The van der Waals surface area contributed by atoms with Crippen LogP contribution in [0.4, 0.5) is 11.5 Å². The lowest BCUT2D eigenvalue weighted by Gasteiger charge is -2.08. The van der Waals surface area contributed by atoms with Crippen LogP contribution in [0.5, 0.6) is 5.75 Å². The molecule has 0 spiro atoms. The van der Waals surface area contributed by atoms with E-state index >= 15 is 0 Å². The first kappa shape index (κ1) is 15.0. The number of carbonyl (C=O) groups excluding carboxylic acids is 2. The van der Waals surface area contributed by atoms with Gasteiger partial charge in [-0.3, -0.25) is 14.7 Å². The third-order valence-electron chi connectivity index (χ3n) is 2.53. The number of phenolic OH excluding ortho intramolecular Hbond substituents is 1. The van der Waals surface area contributed by atoms with Crippen molar-refractivity contribution in [2.45, 2.75) is 0 Å². The summed E-state index contributed by atoms with van der Waals surface area (Å²) in [5, 5.41) is 21.3. The molecule has 0 unspecified atom stereocenters. The van der Waals surface area contributed by atoms with E-state index in [0.717, 1.165) is 9.65 Å². The molecule has 8 heteroatoms. The van der Waals surface area contributed by atoms with Crippen LogP contribution in [0.1, 0.15) is 10.4 Å². The van der Waals surface area contributed by atoms with E-state index in [9.17, 15) is 14.7 Å². The average Bonchev–Trinajstić information content (AvgIpc) is 2.86. The Morgan fingerprint density at radius 1 is 1.38 bits per heavy atom. The number of anilines is 2. The third kappa shape index (κ3) is 3.60. The minimum absolute atomic E-state index is 0.0299. The number of aromatic nitrogens is 2. The normalized spacial score (nSPS) is 9.95. The number of hydrogen-bond donors (Lipinski definition) is 4. The van der Waals surface area contributed by atoms with Crippen LogP contribution in [0.3, 0.4) is 0 Å². The molecule has 0 aliphatic rings. The first-order chi connectivity index (χ1) is 10.0. The van der Waals surface area contributed by atoms with Crippen LogP contribution in [0.25, 0.3) is 0 Å². The Balaban J connectivity index is 2.23. The fraction of sp³-hybridized carbons (Fsp3) is 0. The van der Waals surface area contributed by atoms with Crippen LogP contribution < -0.4 is 10.6 Å². The Kier molecular flexibility index (Phi) is 4.58. The van der Waals surface area contributed by atoms with E-state index in [4.69, 9.17) is 0 Å². The number of aromatic amines is 1. The highest BCUT2D eigenvalue weighted by Gasteiger charge is 2.14. The van der Waals surface area contributed by atoms with Crippen molar-refractivity contribution in [2.75, 3.05) is 10.6 Å². The van der Waals surface area contributed by atoms with Crippen LogP contribution in [0, 0.1) is 3.57 Å². The Bertz CT molecular complexity index is 711. The number of aromatic hydroxyl groups is 1. The summed E-state index contributed by atoms with van der Waals surface area (Å²) in [4.78, 5) is 23.4. The molecule has 0 aliphatic heterocycles. The minimum atomic E-state index is -0.524. The van der Waals surface area contributed by atoms with Gasteiger partial charge in [-0.05, 0) is 46.9 Å². The van der Waals surface area contributed by atoms with Crippen molar-refractivity contribution in [1.29, 1.82) is 0 Å². The lowest BCUT2D eigenvalue weighted by atomic mass is 10.1. The molecule has 1 heterocycles. The van der Waals surface area contributed by atoms with Crippen LogP contribution in [-0.2, 0) is 4.79 Å². The first-order valence-corrected chi connectivity index (χ1v) is 6.86. The zero-order chi connectivity index (χ0) is 15.4. The maximum Gasteiger partial charge on any atom is 0.260 e. The van der Waals surface area contributed by atoms with E-state index in [2.05, 4.69) is 27.4 Å². The van der Waals surface area contributed by atoms with Crippen LogP contribution in [0.15, 0.2) is 37.1 Å². The molecule has 0 saturated heterocycles. The molecule has 0 bridgehead atoms. The van der Waals surface area contributed by atoms with Gasteiger partial charge in [-0.15, -0.1) is 0 Å². The molecular formula is C13H11IN4O3. The maximum atomic E-state index is 12.1. The molecule has 2 amide bonds. The van der Waals surface area contributed by atoms with Gasteiger partial charge < -0.3 is 15.7 Å². The summed E-state index contributed by atoms with van der Waals surface area (Å²) in [6.07, 6.45) is 2.66. The van der Waals surface area contributed by atoms with E-state index < -0.39 is 11.8 Å². The molecule has 4 N–H and O–H groups in total. The molecule has 2 rings (SSSR count). The van der Waals surface area contributed by atoms with Crippen molar-refractivity contribution in [2.24, 2.45) is 0 Å². The zero-order valence-corrected chi connectivity index (χ0v) is 12.8. The largest absolute Gasteiger partial charge is 0.507 e. The summed E-state index contributed by atoms with van der Waals surface area (Å²) in [6, 6.07) is 4.17. The summed E-state index contributed by atoms with van der Waals surface area (Å²) in [7, 11) is 0. The summed E-state index contributed by atoms with van der Waals surface area (Å²) < 4.78 is 0.733. The molecule has 0 atom stereocenters. The smallest absolute Gasteiger partial charge is 0.260 e. The Labute approximate surface area is 133 Å². The number of H-pyrrole nitrogens is 1.